The molecule has 3 atom stereocenters. The van der Waals surface area contributed by atoms with E-state index >= 15 is 0 Å². The fourth-order valence-electron chi connectivity index (χ4n) is 4.08. The van der Waals surface area contributed by atoms with E-state index < -0.39 is 36.2 Å². The number of carboxylic acids is 1. The number of methoxy groups -OCH3 is 1. The number of aliphatic carboxylic acids is 1. The highest BCUT2D eigenvalue weighted by Crippen LogP contribution is 2.44. The lowest BCUT2D eigenvalue weighted by molar-refractivity contribution is -0.145. The van der Waals surface area contributed by atoms with Crippen LogP contribution >= 0.6 is 0 Å². The van der Waals surface area contributed by atoms with Crippen LogP contribution in [0, 0.1) is 0 Å². The lowest BCUT2D eigenvalue weighted by atomic mass is 9.98. The highest BCUT2D eigenvalue weighted by molar-refractivity contribution is 5.84. The molecule has 1 aliphatic carbocycles. The summed E-state index contributed by atoms with van der Waals surface area (Å²) in [5.41, 5.74) is 4.52. The summed E-state index contributed by atoms with van der Waals surface area (Å²) in [6.45, 7) is 3.56. The second-order valence-corrected chi connectivity index (χ2v) is 8.10. The number of hydrogen-bond donors (Lipinski definition) is 3. The molecular formula is C25H30N2O6. The average Bonchev–Trinajstić information content (AvgIpc) is 3.13. The van der Waals surface area contributed by atoms with Crippen LogP contribution < -0.4 is 10.6 Å². The van der Waals surface area contributed by atoms with Crippen molar-refractivity contribution in [3.05, 3.63) is 59.7 Å². The van der Waals surface area contributed by atoms with Gasteiger partial charge in [-0.3, -0.25) is 4.79 Å². The predicted octanol–water partition coefficient (Wildman–Crippen LogP) is 3.30. The van der Waals surface area contributed by atoms with E-state index in [1.807, 2.05) is 43.3 Å². The van der Waals surface area contributed by atoms with Gasteiger partial charge in [0, 0.05) is 25.5 Å². The van der Waals surface area contributed by atoms with Gasteiger partial charge in [0.2, 0.25) is 5.91 Å². The van der Waals surface area contributed by atoms with Crippen LogP contribution in [0.25, 0.3) is 11.1 Å². The molecule has 33 heavy (non-hydrogen) atoms. The molecule has 0 aliphatic heterocycles. The van der Waals surface area contributed by atoms with Crippen LogP contribution in [0.1, 0.15) is 43.7 Å². The topological polar surface area (TPSA) is 114 Å². The van der Waals surface area contributed by atoms with Crippen LogP contribution in [0.15, 0.2) is 48.5 Å². The van der Waals surface area contributed by atoms with Crippen molar-refractivity contribution in [2.24, 2.45) is 0 Å². The summed E-state index contributed by atoms with van der Waals surface area (Å²) in [6, 6.07) is 14.5. The number of benzene rings is 2. The van der Waals surface area contributed by atoms with Gasteiger partial charge in [-0.15, -0.1) is 0 Å². The van der Waals surface area contributed by atoms with E-state index in [-0.39, 0.29) is 18.9 Å². The molecule has 0 aromatic heterocycles. The molecule has 176 valence electrons. The standard InChI is InChI=1S/C25H30N2O6/c1-4-16(13-22(28)27-23(24(29)30)15(2)32-3)26-25(31)33-14-21-19-11-7-5-9-17(19)18-10-6-8-12-20(18)21/h5-12,15-16,21,23H,4,13-14H2,1-3H3,(H,26,31)(H,27,28)(H,29,30)/t15?,16-,23?/m0/s1. The molecule has 3 rings (SSSR count). The van der Waals surface area contributed by atoms with Crippen molar-refractivity contribution in [2.45, 2.75) is 50.8 Å². The third-order valence-corrected chi connectivity index (χ3v) is 6.01. The van der Waals surface area contributed by atoms with E-state index in [1.54, 1.807) is 6.92 Å². The molecule has 0 heterocycles. The van der Waals surface area contributed by atoms with Crippen molar-refractivity contribution in [3.8, 4) is 11.1 Å². The zero-order valence-electron chi connectivity index (χ0n) is 19.0. The Morgan fingerprint density at radius 3 is 2.09 bits per heavy atom. The SMILES string of the molecule is CC[C@@H](CC(=O)NC(C(=O)O)C(C)OC)NC(=O)OCC1c2ccccc2-c2ccccc21. The minimum Gasteiger partial charge on any atom is -0.480 e. The minimum atomic E-state index is -1.18. The Balaban J connectivity index is 1.57. The highest BCUT2D eigenvalue weighted by atomic mass is 16.5. The molecule has 0 spiro atoms. The number of carbonyl (C=O) groups is 3. The molecule has 2 amide bonds. The van der Waals surface area contributed by atoms with Gasteiger partial charge in [0.25, 0.3) is 0 Å². The van der Waals surface area contributed by atoms with Crippen LogP contribution in [-0.2, 0) is 19.1 Å². The number of rotatable bonds is 10. The van der Waals surface area contributed by atoms with E-state index in [4.69, 9.17) is 9.47 Å². The van der Waals surface area contributed by atoms with E-state index in [9.17, 15) is 19.5 Å². The van der Waals surface area contributed by atoms with Gasteiger partial charge in [-0.25, -0.2) is 9.59 Å². The van der Waals surface area contributed by atoms with Gasteiger partial charge in [0.1, 0.15) is 6.61 Å². The maximum atomic E-state index is 12.5. The first kappa shape index (κ1) is 24.3. The van der Waals surface area contributed by atoms with Crippen molar-refractivity contribution < 1.29 is 29.0 Å². The molecule has 8 nitrogen and oxygen atoms in total. The molecule has 0 saturated carbocycles. The van der Waals surface area contributed by atoms with Crippen LogP contribution in [0.4, 0.5) is 4.79 Å². The first-order valence-electron chi connectivity index (χ1n) is 11.0. The Hall–Kier alpha value is -3.39. The summed E-state index contributed by atoms with van der Waals surface area (Å²) in [5, 5.41) is 14.5. The summed E-state index contributed by atoms with van der Waals surface area (Å²) in [7, 11) is 1.38. The monoisotopic (exact) mass is 454 g/mol. The van der Waals surface area contributed by atoms with Crippen molar-refractivity contribution in [1.82, 2.24) is 10.6 Å². The van der Waals surface area contributed by atoms with Crippen LogP contribution in [0.2, 0.25) is 0 Å². The number of ether oxygens (including phenoxy) is 2. The predicted molar refractivity (Wildman–Crippen MR) is 123 cm³/mol. The lowest BCUT2D eigenvalue weighted by Gasteiger charge is -2.22. The maximum absolute atomic E-state index is 12.5. The molecule has 0 radical (unpaired) electrons. The number of hydrogen-bond acceptors (Lipinski definition) is 5. The largest absolute Gasteiger partial charge is 0.480 e. The molecule has 0 saturated heterocycles. The third-order valence-electron chi connectivity index (χ3n) is 6.01. The number of alkyl carbamates (subject to hydrolysis) is 1. The van der Waals surface area contributed by atoms with Gasteiger partial charge in [-0.05, 0) is 35.6 Å². The summed E-state index contributed by atoms with van der Waals surface area (Å²) >= 11 is 0. The van der Waals surface area contributed by atoms with Crippen molar-refractivity contribution in [3.63, 3.8) is 0 Å². The zero-order valence-corrected chi connectivity index (χ0v) is 19.0. The van der Waals surface area contributed by atoms with Crippen molar-refractivity contribution in [1.29, 1.82) is 0 Å². The Morgan fingerprint density at radius 2 is 1.58 bits per heavy atom. The normalized spacial score (nSPS) is 15.0. The number of nitrogens with one attached hydrogen (secondary N) is 2. The van der Waals surface area contributed by atoms with E-state index in [1.165, 1.54) is 7.11 Å². The third kappa shape index (κ3) is 5.70. The van der Waals surface area contributed by atoms with E-state index in [2.05, 4.69) is 22.8 Å². The number of carboxylic acid groups (broad SMARTS) is 1. The molecule has 8 heteroatoms. The lowest BCUT2D eigenvalue weighted by Crippen LogP contribution is -2.50. The molecule has 3 N–H and O–H groups in total. The summed E-state index contributed by atoms with van der Waals surface area (Å²) in [6.07, 6.45) is -0.894. The Morgan fingerprint density at radius 1 is 1.00 bits per heavy atom. The average molecular weight is 455 g/mol. The second-order valence-electron chi connectivity index (χ2n) is 8.10. The molecular weight excluding hydrogens is 424 g/mol. The number of carbonyl (C=O) groups excluding carboxylic acids is 2. The highest BCUT2D eigenvalue weighted by Gasteiger charge is 2.30. The molecule has 2 unspecified atom stereocenters. The first-order valence-corrected chi connectivity index (χ1v) is 11.0. The van der Waals surface area contributed by atoms with Gasteiger partial charge in [-0.1, -0.05) is 55.5 Å². The number of fused-ring (bicyclic) bond motifs is 3. The van der Waals surface area contributed by atoms with Gasteiger partial charge in [0.15, 0.2) is 6.04 Å². The van der Waals surface area contributed by atoms with E-state index in [0.717, 1.165) is 22.3 Å². The fourth-order valence-corrected chi connectivity index (χ4v) is 4.08. The Bertz CT molecular complexity index is 962. The molecule has 2 aromatic rings. The van der Waals surface area contributed by atoms with Crippen LogP contribution in [-0.4, -0.2) is 55.0 Å². The van der Waals surface area contributed by atoms with Crippen molar-refractivity contribution >= 4 is 18.0 Å². The number of amides is 2. The summed E-state index contributed by atoms with van der Waals surface area (Å²) in [5.74, 6) is -1.73. The van der Waals surface area contributed by atoms with Gasteiger partial charge in [-0.2, -0.15) is 0 Å². The maximum Gasteiger partial charge on any atom is 0.407 e. The van der Waals surface area contributed by atoms with Gasteiger partial charge >= 0.3 is 12.1 Å². The smallest absolute Gasteiger partial charge is 0.407 e. The fraction of sp³-hybridized carbons (Fsp3) is 0.400. The molecule has 1 aliphatic rings. The Labute approximate surface area is 193 Å². The Kier molecular flexibility index (Phi) is 8.06. The van der Waals surface area contributed by atoms with Gasteiger partial charge in [0.05, 0.1) is 6.10 Å². The zero-order chi connectivity index (χ0) is 24.0. The molecule has 2 aromatic carbocycles. The van der Waals surface area contributed by atoms with Crippen LogP contribution in [0.3, 0.4) is 0 Å². The van der Waals surface area contributed by atoms with E-state index in [0.29, 0.717) is 6.42 Å². The second kappa shape index (κ2) is 11.0. The van der Waals surface area contributed by atoms with Crippen molar-refractivity contribution in [2.75, 3.05) is 13.7 Å². The minimum absolute atomic E-state index is 0.0571. The molecule has 0 fully saturated rings. The van der Waals surface area contributed by atoms with Gasteiger partial charge < -0.3 is 25.2 Å². The quantitative estimate of drug-likeness (QED) is 0.508. The summed E-state index contributed by atoms with van der Waals surface area (Å²) < 4.78 is 10.5. The summed E-state index contributed by atoms with van der Waals surface area (Å²) in [4.78, 5) is 36.2. The van der Waals surface area contributed by atoms with Crippen LogP contribution in [0.5, 0.6) is 0 Å². The first-order chi connectivity index (χ1) is 15.8. The molecule has 0 bridgehead atoms.